The molecule has 2 aromatic rings. The van der Waals surface area contributed by atoms with Crippen LogP contribution in [-0.4, -0.2) is 48.3 Å². The van der Waals surface area contributed by atoms with Gasteiger partial charge in [0, 0.05) is 25.4 Å². The van der Waals surface area contributed by atoms with Crippen LogP contribution in [0.5, 0.6) is 0 Å². The maximum absolute atomic E-state index is 12.5. The van der Waals surface area contributed by atoms with Crippen molar-refractivity contribution in [3.63, 3.8) is 0 Å². The van der Waals surface area contributed by atoms with Crippen LogP contribution in [0.1, 0.15) is 55.9 Å². The molecule has 1 aliphatic carbocycles. The van der Waals surface area contributed by atoms with Crippen LogP contribution >= 0.6 is 11.3 Å². The van der Waals surface area contributed by atoms with Crippen LogP contribution in [0.4, 0.5) is 0 Å². The van der Waals surface area contributed by atoms with Gasteiger partial charge in [-0.3, -0.25) is 4.79 Å². The first-order valence-corrected chi connectivity index (χ1v) is 12.4. The molecule has 1 aromatic heterocycles. The summed E-state index contributed by atoms with van der Waals surface area (Å²) in [5, 5.41) is 0.946. The van der Waals surface area contributed by atoms with Gasteiger partial charge in [-0.15, -0.1) is 11.3 Å². The molecular formula is C20H26N2O3S2. The molecule has 1 aliphatic heterocycles. The molecule has 2 heterocycles. The number of fused-ring (bicyclic) bond motifs is 1. The zero-order chi connectivity index (χ0) is 18.9. The van der Waals surface area contributed by atoms with Crippen LogP contribution in [0, 0.1) is 0 Å². The van der Waals surface area contributed by atoms with E-state index in [-0.39, 0.29) is 23.3 Å². The maximum atomic E-state index is 12.5. The third kappa shape index (κ3) is 4.19. The Labute approximate surface area is 164 Å². The molecular weight excluding hydrogens is 380 g/mol. The number of benzene rings is 1. The molecule has 1 aromatic carbocycles. The fourth-order valence-electron chi connectivity index (χ4n) is 4.24. The van der Waals surface area contributed by atoms with E-state index in [2.05, 4.69) is 6.07 Å². The van der Waals surface area contributed by atoms with Crippen molar-refractivity contribution in [2.75, 3.05) is 18.8 Å². The van der Waals surface area contributed by atoms with E-state index in [0.717, 1.165) is 49.0 Å². The van der Waals surface area contributed by atoms with Crippen LogP contribution in [0.2, 0.25) is 0 Å². The van der Waals surface area contributed by atoms with Crippen molar-refractivity contribution in [3.05, 3.63) is 29.3 Å². The average Bonchev–Trinajstić information content (AvgIpc) is 3.36. The molecule has 0 N–H and O–H groups in total. The minimum Gasteiger partial charge on any atom is -0.343 e. The van der Waals surface area contributed by atoms with E-state index in [1.54, 1.807) is 11.3 Å². The summed E-state index contributed by atoms with van der Waals surface area (Å²) in [7, 11) is -3.12. The third-order valence-corrected chi connectivity index (χ3v) is 9.38. The standard InChI is InChI=1S/C20H26N2O3S2/c23-19(11-14-27(24,25)16-5-1-2-6-16)22-12-9-15(10-13-22)20-21-17-7-3-4-8-18(17)26-20/h3-4,7-8,15-16H,1-2,5-6,9-14H2. The number of para-hydroxylation sites is 1. The second kappa shape index (κ2) is 7.87. The Morgan fingerprint density at radius 3 is 2.52 bits per heavy atom. The van der Waals surface area contributed by atoms with E-state index in [0.29, 0.717) is 19.0 Å². The van der Waals surface area contributed by atoms with Gasteiger partial charge in [-0.1, -0.05) is 25.0 Å². The maximum Gasteiger partial charge on any atom is 0.223 e. The second-order valence-corrected chi connectivity index (χ2v) is 11.2. The molecule has 0 bridgehead atoms. The number of rotatable bonds is 5. The number of aromatic nitrogens is 1. The Morgan fingerprint density at radius 2 is 1.81 bits per heavy atom. The summed E-state index contributed by atoms with van der Waals surface area (Å²) in [5.74, 6) is 0.391. The SMILES string of the molecule is O=C(CCS(=O)(=O)C1CCCC1)N1CCC(c2nc3ccccc3s2)CC1. The molecule has 7 heteroatoms. The summed E-state index contributed by atoms with van der Waals surface area (Å²) in [6.45, 7) is 1.39. The zero-order valence-corrected chi connectivity index (χ0v) is 17.1. The quantitative estimate of drug-likeness (QED) is 0.758. The number of carbonyl (C=O) groups is 1. The molecule has 1 saturated carbocycles. The monoisotopic (exact) mass is 406 g/mol. The molecule has 146 valence electrons. The summed E-state index contributed by atoms with van der Waals surface area (Å²) in [5.41, 5.74) is 1.05. The van der Waals surface area contributed by atoms with Gasteiger partial charge in [0.15, 0.2) is 9.84 Å². The average molecular weight is 407 g/mol. The summed E-state index contributed by atoms with van der Waals surface area (Å²) < 4.78 is 25.9. The highest BCUT2D eigenvalue weighted by Gasteiger charge is 2.31. The second-order valence-electron chi connectivity index (χ2n) is 7.70. The van der Waals surface area contributed by atoms with Crippen LogP contribution in [-0.2, 0) is 14.6 Å². The number of thiazole rings is 1. The predicted molar refractivity (Wildman–Crippen MR) is 109 cm³/mol. The van der Waals surface area contributed by atoms with Crippen LogP contribution in [0.15, 0.2) is 24.3 Å². The van der Waals surface area contributed by atoms with Crippen LogP contribution < -0.4 is 0 Å². The van der Waals surface area contributed by atoms with Crippen molar-refractivity contribution in [2.45, 2.75) is 56.1 Å². The Morgan fingerprint density at radius 1 is 1.11 bits per heavy atom. The highest BCUT2D eigenvalue weighted by Crippen LogP contribution is 2.34. The molecule has 27 heavy (non-hydrogen) atoms. The number of sulfone groups is 1. The van der Waals surface area contributed by atoms with E-state index in [9.17, 15) is 13.2 Å². The smallest absolute Gasteiger partial charge is 0.223 e. The predicted octanol–water partition coefficient (Wildman–Crippen LogP) is 3.75. The first kappa shape index (κ1) is 18.9. The van der Waals surface area contributed by atoms with E-state index >= 15 is 0 Å². The molecule has 0 spiro atoms. The van der Waals surface area contributed by atoms with E-state index < -0.39 is 9.84 Å². The van der Waals surface area contributed by atoms with Gasteiger partial charge in [-0.2, -0.15) is 0 Å². The van der Waals surface area contributed by atoms with E-state index in [1.165, 1.54) is 4.70 Å². The summed E-state index contributed by atoms with van der Waals surface area (Å²) in [4.78, 5) is 19.1. The van der Waals surface area contributed by atoms with E-state index in [1.807, 2.05) is 23.1 Å². The Bertz CT molecular complexity index is 875. The normalized spacial score (nSPS) is 19.8. The molecule has 2 fully saturated rings. The first-order valence-electron chi connectivity index (χ1n) is 9.88. The lowest BCUT2D eigenvalue weighted by atomic mass is 9.97. The van der Waals surface area contributed by atoms with Gasteiger partial charge < -0.3 is 4.90 Å². The van der Waals surface area contributed by atoms with Gasteiger partial charge in [-0.25, -0.2) is 13.4 Å². The zero-order valence-electron chi connectivity index (χ0n) is 15.5. The molecule has 5 nitrogen and oxygen atoms in total. The molecule has 1 saturated heterocycles. The van der Waals surface area contributed by atoms with Gasteiger partial charge >= 0.3 is 0 Å². The Hall–Kier alpha value is -1.47. The summed E-state index contributed by atoms with van der Waals surface area (Å²) >= 11 is 1.75. The lowest BCUT2D eigenvalue weighted by Crippen LogP contribution is -2.39. The van der Waals surface area contributed by atoms with Gasteiger partial charge in [0.05, 0.1) is 26.2 Å². The topological polar surface area (TPSA) is 67.3 Å². The number of hydrogen-bond acceptors (Lipinski definition) is 5. The van der Waals surface area contributed by atoms with Crippen LogP contribution in [0.25, 0.3) is 10.2 Å². The van der Waals surface area contributed by atoms with Crippen molar-refractivity contribution >= 4 is 37.3 Å². The number of carbonyl (C=O) groups excluding carboxylic acids is 1. The molecule has 1 amide bonds. The minimum absolute atomic E-state index is 0.00823. The molecule has 0 unspecified atom stereocenters. The highest BCUT2D eigenvalue weighted by atomic mass is 32.2. The van der Waals surface area contributed by atoms with Gasteiger partial charge in [0.25, 0.3) is 0 Å². The number of likely N-dealkylation sites (tertiary alicyclic amines) is 1. The Balaban J connectivity index is 1.30. The molecule has 2 aliphatic rings. The number of amides is 1. The molecule has 0 radical (unpaired) electrons. The lowest BCUT2D eigenvalue weighted by molar-refractivity contribution is -0.131. The number of nitrogens with zero attached hydrogens (tertiary/aromatic N) is 2. The van der Waals surface area contributed by atoms with Crippen molar-refractivity contribution < 1.29 is 13.2 Å². The highest BCUT2D eigenvalue weighted by molar-refractivity contribution is 7.92. The Kier molecular flexibility index (Phi) is 5.50. The molecule has 4 rings (SSSR count). The van der Waals surface area contributed by atoms with Crippen molar-refractivity contribution in [2.24, 2.45) is 0 Å². The number of piperidine rings is 1. The lowest BCUT2D eigenvalue weighted by Gasteiger charge is -2.31. The number of hydrogen-bond donors (Lipinski definition) is 0. The van der Waals surface area contributed by atoms with Gasteiger partial charge in [-0.05, 0) is 37.8 Å². The summed E-state index contributed by atoms with van der Waals surface area (Å²) in [6, 6.07) is 8.18. The summed E-state index contributed by atoms with van der Waals surface area (Å²) in [6.07, 6.45) is 5.47. The van der Waals surface area contributed by atoms with Gasteiger partial charge in [0.1, 0.15) is 0 Å². The van der Waals surface area contributed by atoms with Gasteiger partial charge in [0.2, 0.25) is 5.91 Å². The van der Waals surface area contributed by atoms with Crippen molar-refractivity contribution in [3.8, 4) is 0 Å². The van der Waals surface area contributed by atoms with E-state index in [4.69, 9.17) is 4.98 Å². The molecule has 0 atom stereocenters. The first-order chi connectivity index (χ1) is 13.0. The van der Waals surface area contributed by atoms with Crippen molar-refractivity contribution in [1.29, 1.82) is 0 Å². The largest absolute Gasteiger partial charge is 0.343 e. The fraction of sp³-hybridized carbons (Fsp3) is 0.600. The minimum atomic E-state index is -3.12. The third-order valence-electron chi connectivity index (χ3n) is 5.92. The van der Waals surface area contributed by atoms with Crippen molar-refractivity contribution in [1.82, 2.24) is 9.88 Å². The van der Waals surface area contributed by atoms with Crippen LogP contribution in [0.3, 0.4) is 0 Å². The fourth-order valence-corrected chi connectivity index (χ4v) is 7.22.